The highest BCUT2D eigenvalue weighted by Gasteiger charge is 2.59. The number of rotatable bonds is 4. The van der Waals surface area contributed by atoms with Gasteiger partial charge in [0.05, 0.1) is 11.7 Å². The van der Waals surface area contributed by atoms with Gasteiger partial charge in [-0.1, -0.05) is 25.1 Å². The van der Waals surface area contributed by atoms with Crippen molar-refractivity contribution >= 4 is 22.5 Å². The second kappa shape index (κ2) is 8.84. The zero-order valence-corrected chi connectivity index (χ0v) is 21.3. The fourth-order valence-electron chi connectivity index (χ4n) is 7.47. The number of fused-ring (bicyclic) bond motifs is 4. The molecule has 36 heavy (non-hydrogen) atoms. The Morgan fingerprint density at radius 3 is 2.94 bits per heavy atom. The van der Waals surface area contributed by atoms with E-state index in [9.17, 15) is 9.59 Å². The molecule has 2 fully saturated rings. The summed E-state index contributed by atoms with van der Waals surface area (Å²) in [6.07, 6.45) is 10.1. The third-order valence-electron chi connectivity index (χ3n) is 9.24. The smallest absolute Gasteiger partial charge is 0.216 e. The summed E-state index contributed by atoms with van der Waals surface area (Å²) in [5.41, 5.74) is 3.34. The number of nitrogens with one attached hydrogen (secondary N) is 1. The number of benzene rings is 1. The molecule has 6 heteroatoms. The van der Waals surface area contributed by atoms with Crippen LogP contribution in [0.4, 0.5) is 0 Å². The highest BCUT2D eigenvalue weighted by molar-refractivity contribution is 6.00. The fraction of sp³-hybridized carbons (Fsp3) is 0.500. The Labute approximate surface area is 212 Å². The van der Waals surface area contributed by atoms with Gasteiger partial charge in [0.2, 0.25) is 5.91 Å². The predicted octanol–water partition coefficient (Wildman–Crippen LogP) is 4.85. The topological polar surface area (TPSA) is 77.5 Å². The molecule has 3 aliphatic carbocycles. The second-order valence-electron chi connectivity index (χ2n) is 11.3. The van der Waals surface area contributed by atoms with Crippen LogP contribution >= 0.6 is 0 Å². The third-order valence-corrected chi connectivity index (χ3v) is 9.24. The summed E-state index contributed by atoms with van der Waals surface area (Å²) in [7, 11) is 1.83. The van der Waals surface area contributed by atoms with Crippen LogP contribution in [0, 0.1) is 17.3 Å². The Hall–Kier alpha value is -2.99. The van der Waals surface area contributed by atoms with Gasteiger partial charge in [-0.2, -0.15) is 0 Å². The molecule has 188 valence electrons. The minimum Gasteiger partial charge on any atom is -0.489 e. The lowest BCUT2D eigenvalue weighted by Gasteiger charge is -2.48. The highest BCUT2D eigenvalue weighted by Crippen LogP contribution is 2.63. The van der Waals surface area contributed by atoms with Gasteiger partial charge in [0.25, 0.3) is 0 Å². The number of carbonyl (C=O) groups is 2. The van der Waals surface area contributed by atoms with Crippen LogP contribution in [0.2, 0.25) is 0 Å². The highest BCUT2D eigenvalue weighted by atomic mass is 16.5. The summed E-state index contributed by atoms with van der Waals surface area (Å²) >= 11 is 0. The van der Waals surface area contributed by atoms with Crippen molar-refractivity contribution in [2.24, 2.45) is 17.3 Å². The lowest BCUT2D eigenvalue weighted by atomic mass is 9.60. The monoisotopic (exact) mass is 486 g/mol. The van der Waals surface area contributed by atoms with E-state index in [4.69, 9.17) is 9.47 Å². The molecule has 2 saturated carbocycles. The molecule has 2 heterocycles. The number of Topliss-reactive ketones (excluding diaryl/α,β-unsaturated/α-hetero) is 1. The predicted molar refractivity (Wildman–Crippen MR) is 137 cm³/mol. The van der Waals surface area contributed by atoms with Crippen molar-refractivity contribution in [3.8, 4) is 0 Å². The van der Waals surface area contributed by atoms with Crippen molar-refractivity contribution in [3.63, 3.8) is 0 Å². The van der Waals surface area contributed by atoms with Crippen LogP contribution in [0.3, 0.4) is 0 Å². The van der Waals surface area contributed by atoms with E-state index in [1.165, 1.54) is 23.4 Å². The molecule has 2 aromatic rings. The van der Waals surface area contributed by atoms with E-state index < -0.39 is 0 Å². The molecule has 6 nitrogen and oxygen atoms in total. The number of pyridine rings is 1. The number of ether oxygens (including phenoxy) is 2. The van der Waals surface area contributed by atoms with Crippen LogP contribution in [0.5, 0.6) is 0 Å². The minimum atomic E-state index is -0.0659. The number of amides is 1. The van der Waals surface area contributed by atoms with Gasteiger partial charge in [-0.15, -0.1) is 0 Å². The molecule has 0 saturated heterocycles. The van der Waals surface area contributed by atoms with E-state index in [-0.39, 0.29) is 41.1 Å². The molecule has 4 aliphatic rings. The normalized spacial score (nSPS) is 33.4. The van der Waals surface area contributed by atoms with E-state index in [0.29, 0.717) is 25.3 Å². The van der Waals surface area contributed by atoms with Gasteiger partial charge in [-0.3, -0.25) is 14.6 Å². The van der Waals surface area contributed by atoms with Crippen LogP contribution in [0.15, 0.2) is 59.6 Å². The van der Waals surface area contributed by atoms with Crippen LogP contribution in [0.1, 0.15) is 57.4 Å². The van der Waals surface area contributed by atoms with Crippen molar-refractivity contribution in [1.29, 1.82) is 0 Å². The maximum atomic E-state index is 13.0. The summed E-state index contributed by atoms with van der Waals surface area (Å²) in [6.45, 7) is 4.43. The maximum Gasteiger partial charge on any atom is 0.216 e. The lowest BCUT2D eigenvalue weighted by molar-refractivity contribution is -0.121. The van der Waals surface area contributed by atoms with E-state index >= 15 is 0 Å². The summed E-state index contributed by atoms with van der Waals surface area (Å²) in [5, 5.41) is 5.28. The SMILES string of the molecule is CO[C@@H]1C[C@H]2[C@@H]3OC4=C(C=C3CC[C@]2(C)[C@H]1c1cccc2cnccc12)C(=O)CC(CNC(C)=O)C4. The standard InChI is InChI=1S/C30H34N2O4/c1-17(33)32-15-18-11-25(34)23-13-19-7-9-30(2)24(29(19)36-26(23)12-18)14-27(35-3)28(30)22-6-4-5-20-16-31-10-8-21(20)22/h4-6,8,10,13,16,18,24,27-29H,7,9,11-12,14-15H2,1-3H3,(H,32,33)/t18?,24-,27+,28-,29+,30-/m0/s1. The number of allylic oxidation sites excluding steroid dienone is 3. The molecule has 1 unspecified atom stereocenters. The maximum absolute atomic E-state index is 13.0. The largest absolute Gasteiger partial charge is 0.489 e. The quantitative estimate of drug-likeness (QED) is 0.669. The first-order valence-corrected chi connectivity index (χ1v) is 13.1. The molecule has 1 aromatic heterocycles. The van der Waals surface area contributed by atoms with Gasteiger partial charge < -0.3 is 14.8 Å². The number of hydrogen-bond donors (Lipinski definition) is 1. The molecule has 6 atom stereocenters. The Bertz CT molecular complexity index is 1290. The molecule has 0 radical (unpaired) electrons. The number of ketones is 1. The number of carbonyl (C=O) groups excluding carboxylic acids is 2. The molecular formula is C30H34N2O4. The summed E-state index contributed by atoms with van der Waals surface area (Å²) in [4.78, 5) is 28.7. The van der Waals surface area contributed by atoms with E-state index in [2.05, 4.69) is 47.6 Å². The molecule has 6 rings (SSSR count). The zero-order valence-electron chi connectivity index (χ0n) is 21.3. The summed E-state index contributed by atoms with van der Waals surface area (Å²) < 4.78 is 12.9. The summed E-state index contributed by atoms with van der Waals surface area (Å²) in [5.74, 6) is 1.51. The first kappa shape index (κ1) is 23.4. The van der Waals surface area contributed by atoms with E-state index in [0.717, 1.165) is 36.0 Å². The zero-order chi connectivity index (χ0) is 25.0. The van der Waals surface area contributed by atoms with Gasteiger partial charge in [-0.25, -0.2) is 0 Å². The van der Waals surface area contributed by atoms with Gasteiger partial charge in [0.15, 0.2) is 5.78 Å². The van der Waals surface area contributed by atoms with Crippen molar-refractivity contribution in [2.45, 2.75) is 64.1 Å². The van der Waals surface area contributed by atoms with Gasteiger partial charge in [0.1, 0.15) is 11.9 Å². The Balaban J connectivity index is 1.33. The minimum absolute atomic E-state index is 0.00651. The molecule has 1 aliphatic heterocycles. The lowest BCUT2D eigenvalue weighted by Crippen LogP contribution is -2.44. The van der Waals surface area contributed by atoms with Crippen molar-refractivity contribution in [1.82, 2.24) is 10.3 Å². The van der Waals surface area contributed by atoms with Crippen LogP contribution in [0.25, 0.3) is 10.8 Å². The number of nitrogens with zero attached hydrogens (tertiary/aromatic N) is 1. The molecule has 1 aromatic carbocycles. The van der Waals surface area contributed by atoms with Gasteiger partial charge in [-0.05, 0) is 59.3 Å². The van der Waals surface area contributed by atoms with E-state index in [1.54, 1.807) is 0 Å². The first-order chi connectivity index (χ1) is 17.4. The Morgan fingerprint density at radius 1 is 1.28 bits per heavy atom. The molecule has 0 spiro atoms. The second-order valence-corrected chi connectivity index (χ2v) is 11.3. The Morgan fingerprint density at radius 2 is 2.14 bits per heavy atom. The number of methoxy groups -OCH3 is 1. The Kier molecular flexibility index (Phi) is 5.75. The molecule has 0 bridgehead atoms. The third kappa shape index (κ3) is 3.69. The molecule has 1 N–H and O–H groups in total. The molecular weight excluding hydrogens is 452 g/mol. The van der Waals surface area contributed by atoms with Gasteiger partial charge in [0, 0.05) is 63.0 Å². The average molecular weight is 487 g/mol. The summed E-state index contributed by atoms with van der Waals surface area (Å²) in [6, 6.07) is 8.64. The fourth-order valence-corrected chi connectivity index (χ4v) is 7.47. The first-order valence-electron chi connectivity index (χ1n) is 13.1. The number of aromatic nitrogens is 1. The van der Waals surface area contributed by atoms with E-state index in [1.807, 2.05) is 19.5 Å². The average Bonchev–Trinajstić information content (AvgIpc) is 3.19. The van der Waals surface area contributed by atoms with Crippen LogP contribution in [-0.2, 0) is 19.1 Å². The van der Waals surface area contributed by atoms with Crippen molar-refractivity contribution in [2.75, 3.05) is 13.7 Å². The van der Waals surface area contributed by atoms with Crippen LogP contribution in [-0.4, -0.2) is 42.5 Å². The van der Waals surface area contributed by atoms with Crippen molar-refractivity contribution < 1.29 is 19.1 Å². The number of hydrogen-bond acceptors (Lipinski definition) is 5. The van der Waals surface area contributed by atoms with Gasteiger partial charge >= 0.3 is 0 Å². The molecule has 1 amide bonds. The van der Waals surface area contributed by atoms with Crippen LogP contribution < -0.4 is 5.32 Å². The van der Waals surface area contributed by atoms with Crippen molar-refractivity contribution in [3.05, 3.63) is 65.2 Å².